The second-order valence-corrected chi connectivity index (χ2v) is 5.19. The fourth-order valence-corrected chi connectivity index (χ4v) is 2.11. The number of benzene rings is 1. The summed E-state index contributed by atoms with van der Waals surface area (Å²) < 4.78 is 1.93. The monoisotopic (exact) mass is 243 g/mol. The molecule has 0 aliphatic carbocycles. The van der Waals surface area contributed by atoms with Crippen LogP contribution in [-0.2, 0) is 7.05 Å². The molecule has 1 aromatic heterocycles. The highest BCUT2D eigenvalue weighted by atomic mass is 15.1. The van der Waals surface area contributed by atoms with Crippen LogP contribution in [0.15, 0.2) is 18.2 Å². The maximum atomic E-state index is 5.88. The summed E-state index contributed by atoms with van der Waals surface area (Å²) >= 11 is 0. The zero-order valence-electron chi connectivity index (χ0n) is 11.8. The van der Waals surface area contributed by atoms with E-state index >= 15 is 0 Å². The number of nitrogens with zero attached hydrogens (tertiary/aromatic N) is 2. The first-order chi connectivity index (χ1) is 8.41. The zero-order chi connectivity index (χ0) is 13.4. The maximum Gasteiger partial charge on any atom is 0.200 e. The first-order valence-electron chi connectivity index (χ1n) is 6.31. The SMILES string of the molecule is Cc1ccc(C(C)C)cc1-c1nc(N)n(C)c1C. The smallest absolute Gasteiger partial charge is 0.200 e. The van der Waals surface area contributed by atoms with Crippen LogP contribution in [0.4, 0.5) is 5.95 Å². The minimum absolute atomic E-state index is 0.519. The van der Waals surface area contributed by atoms with Crippen LogP contribution in [0.3, 0.4) is 0 Å². The number of aromatic nitrogens is 2. The van der Waals surface area contributed by atoms with Gasteiger partial charge >= 0.3 is 0 Å². The quantitative estimate of drug-likeness (QED) is 0.878. The topological polar surface area (TPSA) is 43.8 Å². The van der Waals surface area contributed by atoms with Crippen LogP contribution in [-0.4, -0.2) is 9.55 Å². The Morgan fingerprint density at radius 2 is 1.89 bits per heavy atom. The van der Waals surface area contributed by atoms with Crippen molar-refractivity contribution in [3.63, 3.8) is 0 Å². The summed E-state index contributed by atoms with van der Waals surface area (Å²) in [6, 6.07) is 6.58. The summed E-state index contributed by atoms with van der Waals surface area (Å²) in [5.74, 6) is 1.09. The highest BCUT2D eigenvalue weighted by molar-refractivity contribution is 5.68. The van der Waals surface area contributed by atoms with Gasteiger partial charge in [0.05, 0.1) is 5.69 Å². The van der Waals surface area contributed by atoms with Crippen molar-refractivity contribution in [2.75, 3.05) is 5.73 Å². The van der Waals surface area contributed by atoms with E-state index in [4.69, 9.17) is 5.73 Å². The molecule has 2 aromatic rings. The predicted octanol–water partition coefficient (Wildman–Crippen LogP) is 3.41. The summed E-state index contributed by atoms with van der Waals surface area (Å²) in [7, 11) is 1.95. The lowest BCUT2D eigenvalue weighted by atomic mass is 9.96. The Hall–Kier alpha value is -1.77. The molecule has 0 fully saturated rings. The number of imidazole rings is 1. The molecule has 3 nitrogen and oxygen atoms in total. The van der Waals surface area contributed by atoms with Gasteiger partial charge in [-0.25, -0.2) is 4.98 Å². The summed E-state index contributed by atoms with van der Waals surface area (Å²) in [6.45, 7) is 8.58. The van der Waals surface area contributed by atoms with Crippen molar-refractivity contribution in [3.8, 4) is 11.3 Å². The molecule has 0 aliphatic heterocycles. The zero-order valence-corrected chi connectivity index (χ0v) is 11.8. The molecule has 0 bridgehead atoms. The van der Waals surface area contributed by atoms with Gasteiger partial charge in [0, 0.05) is 18.3 Å². The Kier molecular flexibility index (Phi) is 3.16. The highest BCUT2D eigenvalue weighted by Gasteiger charge is 2.14. The third-order valence-electron chi connectivity index (χ3n) is 3.60. The van der Waals surface area contributed by atoms with Crippen LogP contribution in [0.5, 0.6) is 0 Å². The normalized spacial score (nSPS) is 11.2. The molecule has 1 heterocycles. The predicted molar refractivity (Wildman–Crippen MR) is 76.6 cm³/mol. The van der Waals surface area contributed by atoms with Gasteiger partial charge in [-0.2, -0.15) is 0 Å². The molecule has 3 heteroatoms. The molecule has 0 atom stereocenters. The summed E-state index contributed by atoms with van der Waals surface area (Å²) in [5.41, 5.74) is 11.7. The maximum absolute atomic E-state index is 5.88. The van der Waals surface area contributed by atoms with E-state index in [0.717, 1.165) is 11.4 Å². The van der Waals surface area contributed by atoms with Crippen molar-refractivity contribution in [1.29, 1.82) is 0 Å². The highest BCUT2D eigenvalue weighted by Crippen LogP contribution is 2.29. The van der Waals surface area contributed by atoms with E-state index in [9.17, 15) is 0 Å². The third kappa shape index (κ3) is 2.01. The van der Waals surface area contributed by atoms with Crippen molar-refractivity contribution in [1.82, 2.24) is 9.55 Å². The largest absolute Gasteiger partial charge is 0.369 e. The molecule has 0 amide bonds. The van der Waals surface area contributed by atoms with Crippen LogP contribution in [0.1, 0.15) is 36.6 Å². The van der Waals surface area contributed by atoms with Gasteiger partial charge < -0.3 is 10.3 Å². The second kappa shape index (κ2) is 4.48. The van der Waals surface area contributed by atoms with Crippen molar-refractivity contribution in [2.45, 2.75) is 33.6 Å². The van der Waals surface area contributed by atoms with Gasteiger partial charge in [-0.15, -0.1) is 0 Å². The molecular formula is C15H21N3. The Labute approximate surface area is 109 Å². The second-order valence-electron chi connectivity index (χ2n) is 5.19. The standard InChI is InChI=1S/C15H21N3/c1-9(2)12-7-6-10(3)13(8-12)14-11(4)18(5)15(16)17-14/h6-9H,1-5H3,(H2,16,17). The molecule has 18 heavy (non-hydrogen) atoms. The van der Waals surface area contributed by atoms with Crippen LogP contribution in [0.2, 0.25) is 0 Å². The number of nitrogens with two attached hydrogens (primary N) is 1. The molecule has 1 aromatic carbocycles. The third-order valence-corrected chi connectivity index (χ3v) is 3.60. The lowest BCUT2D eigenvalue weighted by Crippen LogP contribution is -1.97. The summed E-state index contributed by atoms with van der Waals surface area (Å²) in [6.07, 6.45) is 0. The van der Waals surface area contributed by atoms with Crippen molar-refractivity contribution < 1.29 is 0 Å². The van der Waals surface area contributed by atoms with E-state index in [1.807, 2.05) is 11.6 Å². The average Bonchev–Trinajstić information content (AvgIpc) is 2.57. The van der Waals surface area contributed by atoms with Gasteiger partial charge in [0.15, 0.2) is 0 Å². The Bertz CT molecular complexity index is 580. The van der Waals surface area contributed by atoms with Crippen LogP contribution < -0.4 is 5.73 Å². The van der Waals surface area contributed by atoms with Gasteiger partial charge in [0.25, 0.3) is 0 Å². The van der Waals surface area contributed by atoms with Gasteiger partial charge in [0.1, 0.15) is 0 Å². The lowest BCUT2D eigenvalue weighted by Gasteiger charge is -2.10. The van der Waals surface area contributed by atoms with Crippen molar-refractivity contribution >= 4 is 5.95 Å². The van der Waals surface area contributed by atoms with E-state index < -0.39 is 0 Å². The van der Waals surface area contributed by atoms with Gasteiger partial charge in [-0.1, -0.05) is 26.0 Å². The minimum atomic E-state index is 0.519. The number of nitrogen functional groups attached to an aromatic ring is 1. The van der Waals surface area contributed by atoms with Crippen LogP contribution >= 0.6 is 0 Å². The molecule has 2 rings (SSSR count). The van der Waals surface area contributed by atoms with Crippen molar-refractivity contribution in [2.24, 2.45) is 7.05 Å². The average molecular weight is 243 g/mol. The fraction of sp³-hybridized carbons (Fsp3) is 0.400. The molecule has 0 spiro atoms. The summed E-state index contributed by atoms with van der Waals surface area (Å²) in [4.78, 5) is 4.48. The number of rotatable bonds is 2. The Morgan fingerprint density at radius 3 is 2.39 bits per heavy atom. The van der Waals surface area contributed by atoms with Gasteiger partial charge in [-0.3, -0.25) is 0 Å². The molecule has 0 saturated carbocycles. The molecule has 0 radical (unpaired) electrons. The minimum Gasteiger partial charge on any atom is -0.369 e. The molecule has 0 aliphatic rings. The van der Waals surface area contributed by atoms with E-state index in [0.29, 0.717) is 11.9 Å². The summed E-state index contributed by atoms with van der Waals surface area (Å²) in [5, 5.41) is 0. The Morgan fingerprint density at radius 1 is 1.22 bits per heavy atom. The number of anilines is 1. The lowest BCUT2D eigenvalue weighted by molar-refractivity contribution is 0.866. The number of hydrogen-bond acceptors (Lipinski definition) is 2. The molecule has 96 valence electrons. The first kappa shape index (κ1) is 12.7. The number of aryl methyl sites for hydroxylation is 1. The van der Waals surface area contributed by atoms with Crippen LogP contribution in [0, 0.1) is 13.8 Å². The van der Waals surface area contributed by atoms with E-state index in [1.54, 1.807) is 0 Å². The van der Waals surface area contributed by atoms with Gasteiger partial charge in [-0.05, 0) is 37.0 Å². The fourth-order valence-electron chi connectivity index (χ4n) is 2.11. The molecule has 0 saturated heterocycles. The van der Waals surface area contributed by atoms with E-state index in [1.165, 1.54) is 16.7 Å². The molecule has 2 N–H and O–H groups in total. The van der Waals surface area contributed by atoms with E-state index in [2.05, 4.69) is 50.9 Å². The van der Waals surface area contributed by atoms with Gasteiger partial charge in [0.2, 0.25) is 5.95 Å². The Balaban J connectivity index is 2.62. The van der Waals surface area contributed by atoms with Crippen LogP contribution in [0.25, 0.3) is 11.3 Å². The first-order valence-corrected chi connectivity index (χ1v) is 6.31. The number of hydrogen-bond donors (Lipinski definition) is 1. The molecular weight excluding hydrogens is 222 g/mol. The van der Waals surface area contributed by atoms with E-state index in [-0.39, 0.29) is 0 Å². The molecule has 0 unspecified atom stereocenters. The van der Waals surface area contributed by atoms with Crippen molar-refractivity contribution in [3.05, 3.63) is 35.0 Å².